The van der Waals surface area contributed by atoms with Crippen molar-refractivity contribution in [1.29, 1.82) is 0 Å². The predicted molar refractivity (Wildman–Crippen MR) is 86.4 cm³/mol. The van der Waals surface area contributed by atoms with Gasteiger partial charge in [0.2, 0.25) is 0 Å². The number of hydrogen-bond donors (Lipinski definition) is 1. The van der Waals surface area contributed by atoms with Gasteiger partial charge in [-0.2, -0.15) is 0 Å². The molecule has 0 bridgehead atoms. The standard InChI is InChI=1S/C18H25NO/c1-3-15(2)19-12-6-7-13-20-18-11-10-16-8-4-5-9-17(16)14-18/h4-5,8-11,14-15,19H,3,6-7,12-13H2,1-2H3/t15-/m1/s1. The Morgan fingerprint density at radius 1 is 1.05 bits per heavy atom. The second-order valence-corrected chi connectivity index (χ2v) is 5.33. The van der Waals surface area contributed by atoms with Crippen molar-refractivity contribution in [2.24, 2.45) is 0 Å². The molecule has 0 aliphatic heterocycles. The summed E-state index contributed by atoms with van der Waals surface area (Å²) in [6.07, 6.45) is 3.45. The van der Waals surface area contributed by atoms with Crippen LogP contribution in [0.15, 0.2) is 42.5 Å². The first kappa shape index (κ1) is 14.9. The van der Waals surface area contributed by atoms with E-state index in [1.54, 1.807) is 0 Å². The van der Waals surface area contributed by atoms with Gasteiger partial charge in [0.15, 0.2) is 0 Å². The molecule has 1 N–H and O–H groups in total. The van der Waals surface area contributed by atoms with Crippen LogP contribution in [0, 0.1) is 0 Å². The quantitative estimate of drug-likeness (QED) is 0.719. The molecule has 0 unspecified atom stereocenters. The van der Waals surface area contributed by atoms with Crippen molar-refractivity contribution in [2.45, 2.75) is 39.2 Å². The van der Waals surface area contributed by atoms with Gasteiger partial charge in [-0.15, -0.1) is 0 Å². The first-order valence-electron chi connectivity index (χ1n) is 7.64. The third kappa shape index (κ3) is 4.53. The van der Waals surface area contributed by atoms with Crippen LogP contribution in [-0.2, 0) is 0 Å². The third-order valence-corrected chi connectivity index (χ3v) is 3.67. The Morgan fingerprint density at radius 2 is 1.85 bits per heavy atom. The molecule has 0 heterocycles. The molecule has 0 aliphatic carbocycles. The highest BCUT2D eigenvalue weighted by Gasteiger charge is 1.98. The summed E-state index contributed by atoms with van der Waals surface area (Å²) in [7, 11) is 0. The molecule has 0 radical (unpaired) electrons. The summed E-state index contributed by atoms with van der Waals surface area (Å²) in [4.78, 5) is 0. The van der Waals surface area contributed by atoms with Crippen LogP contribution in [0.5, 0.6) is 5.75 Å². The van der Waals surface area contributed by atoms with E-state index in [1.807, 2.05) is 0 Å². The second kappa shape index (κ2) is 7.91. The van der Waals surface area contributed by atoms with Gasteiger partial charge in [0.25, 0.3) is 0 Å². The lowest BCUT2D eigenvalue weighted by molar-refractivity contribution is 0.305. The molecule has 0 fully saturated rings. The van der Waals surface area contributed by atoms with Crippen molar-refractivity contribution >= 4 is 10.8 Å². The van der Waals surface area contributed by atoms with E-state index in [4.69, 9.17) is 4.74 Å². The summed E-state index contributed by atoms with van der Waals surface area (Å²) in [6, 6.07) is 15.3. The van der Waals surface area contributed by atoms with Crippen LogP contribution in [0.1, 0.15) is 33.1 Å². The van der Waals surface area contributed by atoms with Gasteiger partial charge in [-0.1, -0.05) is 37.3 Å². The molecule has 20 heavy (non-hydrogen) atoms. The predicted octanol–water partition coefficient (Wildman–Crippen LogP) is 4.39. The number of rotatable bonds is 8. The van der Waals surface area contributed by atoms with Crippen molar-refractivity contribution < 1.29 is 4.74 Å². The lowest BCUT2D eigenvalue weighted by Crippen LogP contribution is -2.26. The molecule has 2 rings (SSSR count). The van der Waals surface area contributed by atoms with Crippen molar-refractivity contribution in [3.8, 4) is 5.75 Å². The minimum absolute atomic E-state index is 0.622. The average molecular weight is 271 g/mol. The molecule has 0 spiro atoms. The lowest BCUT2D eigenvalue weighted by Gasteiger charge is -2.11. The fourth-order valence-electron chi connectivity index (χ4n) is 2.17. The van der Waals surface area contributed by atoms with Crippen LogP contribution < -0.4 is 10.1 Å². The fraction of sp³-hybridized carbons (Fsp3) is 0.444. The van der Waals surface area contributed by atoms with Gasteiger partial charge >= 0.3 is 0 Å². The molecule has 108 valence electrons. The van der Waals surface area contributed by atoms with E-state index in [1.165, 1.54) is 17.2 Å². The second-order valence-electron chi connectivity index (χ2n) is 5.33. The largest absolute Gasteiger partial charge is 0.494 e. The number of fused-ring (bicyclic) bond motifs is 1. The minimum atomic E-state index is 0.622. The van der Waals surface area contributed by atoms with E-state index in [2.05, 4.69) is 61.6 Å². The molecule has 2 heteroatoms. The third-order valence-electron chi connectivity index (χ3n) is 3.67. The van der Waals surface area contributed by atoms with E-state index in [9.17, 15) is 0 Å². The monoisotopic (exact) mass is 271 g/mol. The maximum absolute atomic E-state index is 5.82. The molecular weight excluding hydrogens is 246 g/mol. The first-order valence-corrected chi connectivity index (χ1v) is 7.64. The highest BCUT2D eigenvalue weighted by atomic mass is 16.5. The Bertz CT molecular complexity index is 524. The summed E-state index contributed by atoms with van der Waals surface area (Å²) in [5.74, 6) is 0.971. The average Bonchev–Trinajstić information content (AvgIpc) is 2.50. The Labute approximate surface area is 122 Å². The van der Waals surface area contributed by atoms with Gasteiger partial charge < -0.3 is 10.1 Å². The Morgan fingerprint density at radius 3 is 2.65 bits per heavy atom. The first-order chi connectivity index (χ1) is 9.79. The van der Waals surface area contributed by atoms with E-state index in [0.717, 1.165) is 31.7 Å². The molecule has 1 atom stereocenters. The van der Waals surface area contributed by atoms with Gasteiger partial charge in [0.05, 0.1) is 6.61 Å². The van der Waals surface area contributed by atoms with E-state index < -0.39 is 0 Å². The maximum Gasteiger partial charge on any atom is 0.119 e. The van der Waals surface area contributed by atoms with Crippen LogP contribution in [0.25, 0.3) is 10.8 Å². The molecule has 0 amide bonds. The van der Waals surface area contributed by atoms with Crippen molar-refractivity contribution in [2.75, 3.05) is 13.2 Å². The number of benzene rings is 2. The summed E-state index contributed by atoms with van der Waals surface area (Å²) in [5.41, 5.74) is 0. The van der Waals surface area contributed by atoms with Gasteiger partial charge in [0, 0.05) is 6.04 Å². The number of nitrogens with one attached hydrogen (secondary N) is 1. The van der Waals surface area contributed by atoms with Crippen LogP contribution in [-0.4, -0.2) is 19.2 Å². The van der Waals surface area contributed by atoms with Crippen LogP contribution in [0.2, 0.25) is 0 Å². The summed E-state index contributed by atoms with van der Waals surface area (Å²) >= 11 is 0. The van der Waals surface area contributed by atoms with E-state index in [0.29, 0.717) is 6.04 Å². The SMILES string of the molecule is CC[C@@H](C)NCCCCOc1ccc2ccccc2c1. The van der Waals surface area contributed by atoms with Gasteiger partial charge in [-0.25, -0.2) is 0 Å². The van der Waals surface area contributed by atoms with Crippen molar-refractivity contribution in [1.82, 2.24) is 5.32 Å². The number of ether oxygens (including phenoxy) is 1. The molecule has 2 aromatic rings. The summed E-state index contributed by atoms with van der Waals surface area (Å²) in [5, 5.41) is 6.00. The normalized spacial score (nSPS) is 12.5. The highest BCUT2D eigenvalue weighted by molar-refractivity contribution is 5.83. The Hall–Kier alpha value is -1.54. The van der Waals surface area contributed by atoms with E-state index in [-0.39, 0.29) is 0 Å². The molecule has 0 aliphatic rings. The Kier molecular flexibility index (Phi) is 5.87. The molecule has 0 saturated heterocycles. The zero-order chi connectivity index (χ0) is 14.2. The van der Waals surface area contributed by atoms with Crippen LogP contribution in [0.4, 0.5) is 0 Å². The molecule has 0 aromatic heterocycles. The Balaban J connectivity index is 1.70. The number of hydrogen-bond acceptors (Lipinski definition) is 2. The lowest BCUT2D eigenvalue weighted by atomic mass is 10.1. The molecule has 0 saturated carbocycles. The fourth-order valence-corrected chi connectivity index (χ4v) is 2.17. The van der Waals surface area contributed by atoms with Gasteiger partial charge in [-0.05, 0) is 55.6 Å². The number of unbranched alkanes of at least 4 members (excludes halogenated alkanes) is 1. The van der Waals surface area contributed by atoms with Gasteiger partial charge in [-0.3, -0.25) is 0 Å². The highest BCUT2D eigenvalue weighted by Crippen LogP contribution is 2.20. The topological polar surface area (TPSA) is 21.3 Å². The summed E-state index contributed by atoms with van der Waals surface area (Å²) in [6.45, 7) is 6.31. The van der Waals surface area contributed by atoms with Crippen LogP contribution >= 0.6 is 0 Å². The van der Waals surface area contributed by atoms with Crippen LogP contribution in [0.3, 0.4) is 0 Å². The van der Waals surface area contributed by atoms with Crippen molar-refractivity contribution in [3.05, 3.63) is 42.5 Å². The zero-order valence-electron chi connectivity index (χ0n) is 12.6. The van der Waals surface area contributed by atoms with Crippen molar-refractivity contribution in [3.63, 3.8) is 0 Å². The van der Waals surface area contributed by atoms with E-state index >= 15 is 0 Å². The van der Waals surface area contributed by atoms with Gasteiger partial charge in [0.1, 0.15) is 5.75 Å². The molecule has 2 nitrogen and oxygen atoms in total. The zero-order valence-corrected chi connectivity index (χ0v) is 12.6. The maximum atomic E-state index is 5.82. The molecular formula is C18H25NO. The smallest absolute Gasteiger partial charge is 0.119 e. The molecule has 2 aromatic carbocycles. The summed E-state index contributed by atoms with van der Waals surface area (Å²) < 4.78 is 5.82. The minimum Gasteiger partial charge on any atom is -0.494 e.